The molecule has 0 aliphatic rings. The molecular formula is C6H8. The SMILES string of the molecule is C#CCC=CC. The second-order valence-corrected chi connectivity index (χ2v) is 0.977. The van der Waals surface area contributed by atoms with Crippen molar-refractivity contribution < 1.29 is 0 Å². The molecule has 0 bridgehead atoms. The van der Waals surface area contributed by atoms with Crippen molar-refractivity contribution in [3.8, 4) is 12.3 Å². The molecule has 0 atom stereocenters. The van der Waals surface area contributed by atoms with Gasteiger partial charge in [0.15, 0.2) is 0 Å². The van der Waals surface area contributed by atoms with E-state index in [9.17, 15) is 0 Å². The first-order valence-corrected chi connectivity index (χ1v) is 1.96. The quantitative estimate of drug-likeness (QED) is 0.331. The number of hydrogen-bond donors (Lipinski definition) is 0. The molecule has 0 amide bonds. The topological polar surface area (TPSA) is 0 Å². The van der Waals surface area contributed by atoms with Crippen LogP contribution in [0.25, 0.3) is 0 Å². The third-order valence-corrected chi connectivity index (χ3v) is 0.471. The standard InChI is InChI=1S/C6H8/c1-3-5-6-4-2/h1,4,6H,5H2,2H3. The summed E-state index contributed by atoms with van der Waals surface area (Å²) in [5, 5.41) is 0. The summed E-state index contributed by atoms with van der Waals surface area (Å²) in [6, 6.07) is 0. The van der Waals surface area contributed by atoms with Gasteiger partial charge in [-0.25, -0.2) is 0 Å². The van der Waals surface area contributed by atoms with Gasteiger partial charge in [0.05, 0.1) is 0 Å². The average Bonchev–Trinajstić information content (AvgIpc) is 1.61. The molecule has 0 aromatic heterocycles. The Morgan fingerprint density at radius 1 is 1.83 bits per heavy atom. The summed E-state index contributed by atoms with van der Waals surface area (Å²) in [7, 11) is 0. The van der Waals surface area contributed by atoms with E-state index in [1.54, 1.807) is 0 Å². The third kappa shape index (κ3) is 3.30. The molecule has 0 aromatic rings. The maximum atomic E-state index is 4.91. The van der Waals surface area contributed by atoms with Crippen LogP contribution in [0.3, 0.4) is 0 Å². The number of allylic oxidation sites excluding steroid dienone is 2. The van der Waals surface area contributed by atoms with Gasteiger partial charge in [-0.2, -0.15) is 0 Å². The van der Waals surface area contributed by atoms with Gasteiger partial charge in [-0.3, -0.25) is 0 Å². The van der Waals surface area contributed by atoms with E-state index in [-0.39, 0.29) is 0 Å². The summed E-state index contributed by atoms with van der Waals surface area (Å²) < 4.78 is 0. The van der Waals surface area contributed by atoms with Gasteiger partial charge in [-0.15, -0.1) is 12.3 Å². The Balaban J connectivity index is 2.92. The first kappa shape index (κ1) is 5.30. The van der Waals surface area contributed by atoms with E-state index in [0.29, 0.717) is 0 Å². The van der Waals surface area contributed by atoms with Crippen LogP contribution in [0.2, 0.25) is 0 Å². The fourth-order valence-electron chi connectivity index (χ4n) is 0.186. The van der Waals surface area contributed by atoms with Gasteiger partial charge in [0.1, 0.15) is 0 Å². The molecule has 0 saturated carbocycles. The van der Waals surface area contributed by atoms with Crippen LogP contribution < -0.4 is 0 Å². The Hall–Kier alpha value is -0.700. The highest BCUT2D eigenvalue weighted by Crippen LogP contribution is 1.74. The fraction of sp³-hybridized carbons (Fsp3) is 0.333. The molecule has 0 aliphatic heterocycles. The molecule has 0 N–H and O–H groups in total. The zero-order valence-corrected chi connectivity index (χ0v) is 3.94. The van der Waals surface area contributed by atoms with Crippen LogP contribution in [-0.2, 0) is 0 Å². The predicted molar refractivity (Wildman–Crippen MR) is 28.3 cm³/mol. The molecule has 32 valence electrons. The van der Waals surface area contributed by atoms with Crippen LogP contribution in [0.4, 0.5) is 0 Å². The molecule has 0 saturated heterocycles. The first-order valence-electron chi connectivity index (χ1n) is 1.96. The highest BCUT2D eigenvalue weighted by molar-refractivity contribution is 4.94. The molecule has 0 spiro atoms. The fourth-order valence-corrected chi connectivity index (χ4v) is 0.186. The van der Waals surface area contributed by atoms with E-state index in [1.807, 2.05) is 19.1 Å². The summed E-state index contributed by atoms with van der Waals surface area (Å²) in [4.78, 5) is 0. The van der Waals surface area contributed by atoms with Crippen molar-refractivity contribution in [3.63, 3.8) is 0 Å². The van der Waals surface area contributed by atoms with E-state index < -0.39 is 0 Å². The van der Waals surface area contributed by atoms with Gasteiger partial charge in [-0.05, 0) is 6.92 Å². The predicted octanol–water partition coefficient (Wildman–Crippen LogP) is 1.59. The highest BCUT2D eigenvalue weighted by Gasteiger charge is 1.57. The minimum Gasteiger partial charge on any atom is -0.120 e. The monoisotopic (exact) mass is 80.1 g/mol. The Kier molecular flexibility index (Phi) is 3.80. The maximum absolute atomic E-state index is 4.91. The van der Waals surface area contributed by atoms with Crippen LogP contribution in [0.1, 0.15) is 13.3 Å². The second kappa shape index (κ2) is 4.30. The zero-order chi connectivity index (χ0) is 4.83. The number of terminal acetylenes is 1. The normalized spacial score (nSPS) is 8.67. The third-order valence-electron chi connectivity index (χ3n) is 0.471. The van der Waals surface area contributed by atoms with Gasteiger partial charge in [0, 0.05) is 6.42 Å². The summed E-state index contributed by atoms with van der Waals surface area (Å²) in [6.07, 6.45) is 9.56. The lowest BCUT2D eigenvalue weighted by molar-refractivity contribution is 1.45. The minimum atomic E-state index is 0.760. The van der Waals surface area contributed by atoms with Crippen LogP contribution in [-0.4, -0.2) is 0 Å². The van der Waals surface area contributed by atoms with Crippen molar-refractivity contribution in [2.75, 3.05) is 0 Å². The van der Waals surface area contributed by atoms with E-state index in [2.05, 4.69) is 5.92 Å². The van der Waals surface area contributed by atoms with Gasteiger partial charge in [-0.1, -0.05) is 12.2 Å². The van der Waals surface area contributed by atoms with Crippen LogP contribution in [0.5, 0.6) is 0 Å². The maximum Gasteiger partial charge on any atom is 0.0266 e. The molecule has 0 unspecified atom stereocenters. The molecule has 0 heterocycles. The molecule has 6 heavy (non-hydrogen) atoms. The summed E-state index contributed by atoms with van der Waals surface area (Å²) in [5.74, 6) is 2.48. The van der Waals surface area contributed by atoms with Crippen LogP contribution in [0, 0.1) is 12.3 Å². The lowest BCUT2D eigenvalue weighted by Gasteiger charge is -1.66. The van der Waals surface area contributed by atoms with Crippen LogP contribution in [0.15, 0.2) is 12.2 Å². The molecule has 0 nitrogen and oxygen atoms in total. The van der Waals surface area contributed by atoms with Gasteiger partial charge in [0.2, 0.25) is 0 Å². The van der Waals surface area contributed by atoms with Crippen molar-refractivity contribution in [2.45, 2.75) is 13.3 Å². The number of hydrogen-bond acceptors (Lipinski definition) is 0. The summed E-state index contributed by atoms with van der Waals surface area (Å²) in [6.45, 7) is 1.96. The molecule has 0 heteroatoms. The molecule has 0 rings (SSSR count). The van der Waals surface area contributed by atoms with Crippen molar-refractivity contribution >= 4 is 0 Å². The Bertz CT molecular complexity index is 72.5. The lowest BCUT2D eigenvalue weighted by Crippen LogP contribution is -1.49. The van der Waals surface area contributed by atoms with Gasteiger partial charge >= 0.3 is 0 Å². The Morgan fingerprint density at radius 2 is 2.50 bits per heavy atom. The highest BCUT2D eigenvalue weighted by atomic mass is 13.6. The van der Waals surface area contributed by atoms with Gasteiger partial charge in [0.25, 0.3) is 0 Å². The van der Waals surface area contributed by atoms with E-state index in [4.69, 9.17) is 6.42 Å². The zero-order valence-electron chi connectivity index (χ0n) is 3.94. The molecule has 0 fully saturated rings. The average molecular weight is 80.1 g/mol. The first-order chi connectivity index (χ1) is 2.91. The van der Waals surface area contributed by atoms with Crippen molar-refractivity contribution in [2.24, 2.45) is 0 Å². The molecule has 0 aromatic carbocycles. The van der Waals surface area contributed by atoms with Crippen molar-refractivity contribution in [3.05, 3.63) is 12.2 Å². The van der Waals surface area contributed by atoms with E-state index in [1.165, 1.54) is 0 Å². The minimum absolute atomic E-state index is 0.760. The Morgan fingerprint density at radius 3 is 2.67 bits per heavy atom. The molecule has 0 aliphatic carbocycles. The number of rotatable bonds is 1. The van der Waals surface area contributed by atoms with Crippen molar-refractivity contribution in [1.29, 1.82) is 0 Å². The van der Waals surface area contributed by atoms with E-state index >= 15 is 0 Å². The van der Waals surface area contributed by atoms with Gasteiger partial charge < -0.3 is 0 Å². The molecule has 0 radical (unpaired) electrons. The Labute approximate surface area is 38.9 Å². The second-order valence-electron chi connectivity index (χ2n) is 0.977. The lowest BCUT2D eigenvalue weighted by atomic mass is 10.4. The summed E-state index contributed by atoms with van der Waals surface area (Å²) in [5.41, 5.74) is 0. The van der Waals surface area contributed by atoms with Crippen molar-refractivity contribution in [1.82, 2.24) is 0 Å². The molecular weight excluding hydrogens is 72.1 g/mol. The van der Waals surface area contributed by atoms with Crippen LogP contribution >= 0.6 is 0 Å². The summed E-state index contributed by atoms with van der Waals surface area (Å²) >= 11 is 0. The largest absolute Gasteiger partial charge is 0.120 e. The van der Waals surface area contributed by atoms with E-state index in [0.717, 1.165) is 6.42 Å². The smallest absolute Gasteiger partial charge is 0.0266 e.